The maximum atomic E-state index is 12.9. The predicted octanol–water partition coefficient (Wildman–Crippen LogP) is 6.58. The number of H-pyrrole nitrogens is 1. The van der Waals surface area contributed by atoms with Crippen molar-refractivity contribution in [2.75, 3.05) is 5.32 Å². The molecule has 0 bridgehead atoms. The Morgan fingerprint density at radius 2 is 1.85 bits per heavy atom. The third kappa shape index (κ3) is 5.01. The van der Waals surface area contributed by atoms with Crippen LogP contribution in [-0.2, 0) is 0 Å². The lowest BCUT2D eigenvalue weighted by Gasteiger charge is -2.10. The first-order valence-electron chi connectivity index (χ1n) is 10.4. The number of aromatic amines is 1. The summed E-state index contributed by atoms with van der Waals surface area (Å²) in [6.45, 7) is 0. The highest BCUT2D eigenvalue weighted by Gasteiger charge is 2.13. The highest BCUT2D eigenvalue weighted by molar-refractivity contribution is 7.99. The lowest BCUT2D eigenvalue weighted by molar-refractivity contribution is 0.102. The molecular formula is C26H18ClN5OS. The fourth-order valence-corrected chi connectivity index (χ4v) is 4.46. The fraction of sp³-hybridized carbons (Fsp3) is 0. The van der Waals surface area contributed by atoms with Crippen molar-refractivity contribution < 1.29 is 4.79 Å². The van der Waals surface area contributed by atoms with E-state index in [0.717, 1.165) is 32.1 Å². The summed E-state index contributed by atoms with van der Waals surface area (Å²) in [5, 5.41) is 11.8. The second kappa shape index (κ2) is 9.91. The van der Waals surface area contributed by atoms with Gasteiger partial charge in [0, 0.05) is 21.4 Å². The largest absolute Gasteiger partial charge is 0.321 e. The van der Waals surface area contributed by atoms with Crippen molar-refractivity contribution in [1.29, 1.82) is 0 Å². The number of nitrogens with zero attached hydrogens (tertiary/aromatic N) is 3. The molecule has 0 saturated carbocycles. The highest BCUT2D eigenvalue weighted by Crippen LogP contribution is 2.33. The van der Waals surface area contributed by atoms with E-state index < -0.39 is 0 Å². The van der Waals surface area contributed by atoms with Crippen LogP contribution in [0.5, 0.6) is 0 Å². The standard InChI is InChI=1S/C26H18ClN5OS/c27-25-13-9-18(16-29-25)30-26(33)21-6-1-2-7-24(21)34-19-10-11-20-22(31-32-23(20)15-19)12-8-17-5-3-4-14-28-17/h1-16H,(H,30,33)(H,31,32)/b12-8+. The van der Waals surface area contributed by atoms with Crippen LogP contribution in [0.3, 0.4) is 0 Å². The first-order chi connectivity index (χ1) is 16.7. The van der Waals surface area contributed by atoms with Crippen LogP contribution in [0.25, 0.3) is 23.1 Å². The molecular weight excluding hydrogens is 466 g/mol. The van der Waals surface area contributed by atoms with E-state index in [1.807, 2.05) is 66.7 Å². The molecule has 8 heteroatoms. The van der Waals surface area contributed by atoms with Crippen molar-refractivity contribution in [3.05, 3.63) is 107 Å². The highest BCUT2D eigenvalue weighted by atomic mass is 35.5. The Morgan fingerprint density at radius 1 is 0.971 bits per heavy atom. The normalized spacial score (nSPS) is 11.2. The zero-order valence-corrected chi connectivity index (χ0v) is 19.3. The van der Waals surface area contributed by atoms with Gasteiger partial charge in [-0.3, -0.25) is 14.9 Å². The summed E-state index contributed by atoms with van der Waals surface area (Å²) in [7, 11) is 0. The van der Waals surface area contributed by atoms with Crippen LogP contribution in [0.4, 0.5) is 5.69 Å². The molecule has 2 N–H and O–H groups in total. The molecule has 3 heterocycles. The molecule has 0 atom stereocenters. The Labute approximate surface area is 205 Å². The van der Waals surface area contributed by atoms with Crippen molar-refractivity contribution in [2.45, 2.75) is 9.79 Å². The second-order valence-corrected chi connectivity index (χ2v) is 8.83. The molecule has 0 spiro atoms. The zero-order chi connectivity index (χ0) is 23.3. The SMILES string of the molecule is O=C(Nc1ccc(Cl)nc1)c1ccccc1Sc1ccc2c(/C=C/c3ccccn3)n[nH]c2c1. The summed E-state index contributed by atoms with van der Waals surface area (Å²) < 4.78 is 0. The Hall–Kier alpha value is -3.94. The number of hydrogen-bond acceptors (Lipinski definition) is 5. The van der Waals surface area contributed by atoms with Crippen LogP contribution >= 0.6 is 23.4 Å². The molecule has 0 aliphatic rings. The summed E-state index contributed by atoms with van der Waals surface area (Å²) in [4.78, 5) is 23.0. The molecule has 0 fully saturated rings. The minimum absolute atomic E-state index is 0.211. The number of rotatable bonds is 6. The lowest BCUT2D eigenvalue weighted by atomic mass is 10.2. The molecule has 166 valence electrons. The first-order valence-corrected chi connectivity index (χ1v) is 11.6. The van der Waals surface area contributed by atoms with Gasteiger partial charge in [-0.1, -0.05) is 41.6 Å². The smallest absolute Gasteiger partial charge is 0.256 e. The van der Waals surface area contributed by atoms with Crippen molar-refractivity contribution in [3.63, 3.8) is 0 Å². The number of carbonyl (C=O) groups excluding carboxylic acids is 1. The number of benzene rings is 2. The monoisotopic (exact) mass is 483 g/mol. The number of pyridine rings is 2. The van der Waals surface area contributed by atoms with Crippen molar-refractivity contribution in [1.82, 2.24) is 20.2 Å². The van der Waals surface area contributed by atoms with Gasteiger partial charge in [-0.15, -0.1) is 0 Å². The molecule has 0 radical (unpaired) electrons. The number of aromatic nitrogens is 4. The first kappa shape index (κ1) is 21.9. The van der Waals surface area contributed by atoms with Gasteiger partial charge < -0.3 is 5.32 Å². The molecule has 0 aliphatic carbocycles. The zero-order valence-electron chi connectivity index (χ0n) is 17.8. The van der Waals surface area contributed by atoms with Crippen LogP contribution in [0.15, 0.2) is 95.0 Å². The quantitative estimate of drug-likeness (QED) is 0.266. The topological polar surface area (TPSA) is 83.6 Å². The van der Waals surface area contributed by atoms with Crippen LogP contribution in [-0.4, -0.2) is 26.1 Å². The molecule has 5 rings (SSSR count). The van der Waals surface area contributed by atoms with Gasteiger partial charge >= 0.3 is 0 Å². The molecule has 2 aromatic carbocycles. The number of amides is 1. The Bertz CT molecular complexity index is 1480. The van der Waals surface area contributed by atoms with Crippen molar-refractivity contribution in [3.8, 4) is 0 Å². The van der Waals surface area contributed by atoms with E-state index in [1.165, 1.54) is 18.0 Å². The number of hydrogen-bond donors (Lipinski definition) is 2. The second-order valence-electron chi connectivity index (χ2n) is 7.33. The van der Waals surface area contributed by atoms with Crippen LogP contribution < -0.4 is 5.32 Å². The van der Waals surface area contributed by atoms with E-state index in [9.17, 15) is 4.79 Å². The predicted molar refractivity (Wildman–Crippen MR) is 137 cm³/mol. The number of carbonyl (C=O) groups is 1. The molecule has 1 amide bonds. The molecule has 6 nitrogen and oxygen atoms in total. The van der Waals surface area contributed by atoms with Gasteiger partial charge in [0.15, 0.2) is 0 Å². The summed E-state index contributed by atoms with van der Waals surface area (Å²) in [5.41, 5.74) is 3.79. The maximum absolute atomic E-state index is 12.9. The van der Waals surface area contributed by atoms with Gasteiger partial charge in [0.05, 0.1) is 34.4 Å². The van der Waals surface area contributed by atoms with E-state index in [2.05, 4.69) is 25.5 Å². The van der Waals surface area contributed by atoms with Crippen LogP contribution in [0, 0.1) is 0 Å². The van der Waals surface area contributed by atoms with E-state index >= 15 is 0 Å². The summed E-state index contributed by atoms with van der Waals surface area (Å²) in [6.07, 6.45) is 7.17. The van der Waals surface area contributed by atoms with Crippen LogP contribution in [0.2, 0.25) is 5.15 Å². The number of nitrogens with one attached hydrogen (secondary N) is 2. The molecule has 34 heavy (non-hydrogen) atoms. The molecule has 5 aromatic rings. The number of fused-ring (bicyclic) bond motifs is 1. The maximum Gasteiger partial charge on any atom is 0.256 e. The molecule has 0 saturated heterocycles. The lowest BCUT2D eigenvalue weighted by Crippen LogP contribution is -2.13. The average molecular weight is 484 g/mol. The Balaban J connectivity index is 1.36. The molecule has 0 aliphatic heterocycles. The number of halogens is 1. The van der Waals surface area contributed by atoms with Gasteiger partial charge in [-0.05, 0) is 66.7 Å². The van der Waals surface area contributed by atoms with Gasteiger partial charge in [0.2, 0.25) is 0 Å². The third-order valence-electron chi connectivity index (χ3n) is 5.01. The van der Waals surface area contributed by atoms with E-state index in [1.54, 1.807) is 24.4 Å². The fourth-order valence-electron chi connectivity index (χ4n) is 3.37. The Kier molecular flexibility index (Phi) is 6.38. The summed E-state index contributed by atoms with van der Waals surface area (Å²) >= 11 is 7.35. The minimum Gasteiger partial charge on any atom is -0.321 e. The number of anilines is 1. The minimum atomic E-state index is -0.211. The van der Waals surface area contributed by atoms with Gasteiger partial charge in [0.1, 0.15) is 5.15 Å². The van der Waals surface area contributed by atoms with Crippen molar-refractivity contribution >= 4 is 58.0 Å². The average Bonchev–Trinajstić information content (AvgIpc) is 3.27. The van der Waals surface area contributed by atoms with Gasteiger partial charge in [-0.25, -0.2) is 4.98 Å². The van der Waals surface area contributed by atoms with Crippen molar-refractivity contribution in [2.24, 2.45) is 0 Å². The molecule has 0 unspecified atom stereocenters. The summed E-state index contributed by atoms with van der Waals surface area (Å²) in [5.74, 6) is -0.211. The summed E-state index contributed by atoms with van der Waals surface area (Å²) in [6, 6.07) is 22.7. The van der Waals surface area contributed by atoms with E-state index in [0.29, 0.717) is 16.4 Å². The molecule has 3 aromatic heterocycles. The van der Waals surface area contributed by atoms with Crippen LogP contribution in [0.1, 0.15) is 21.7 Å². The van der Waals surface area contributed by atoms with Gasteiger partial charge in [-0.2, -0.15) is 5.10 Å². The van der Waals surface area contributed by atoms with E-state index in [-0.39, 0.29) is 5.91 Å². The third-order valence-corrected chi connectivity index (χ3v) is 6.30. The Morgan fingerprint density at radius 3 is 2.68 bits per heavy atom. The van der Waals surface area contributed by atoms with E-state index in [4.69, 9.17) is 11.6 Å². The van der Waals surface area contributed by atoms with Gasteiger partial charge in [0.25, 0.3) is 5.91 Å².